The second-order valence-electron chi connectivity index (χ2n) is 4.76. The van der Waals surface area contributed by atoms with Gasteiger partial charge in [0.1, 0.15) is 18.1 Å². The summed E-state index contributed by atoms with van der Waals surface area (Å²) in [5.74, 6) is 0.870. The molecule has 0 aliphatic carbocycles. The third-order valence-electron chi connectivity index (χ3n) is 3.42. The average Bonchev–Trinajstić information content (AvgIpc) is 3.09. The van der Waals surface area contributed by atoms with E-state index < -0.39 is 0 Å². The number of nitrogens with zero attached hydrogens (tertiary/aromatic N) is 4. The molecule has 2 aromatic heterocycles. The zero-order valence-electron chi connectivity index (χ0n) is 11.3. The lowest BCUT2D eigenvalue weighted by Gasteiger charge is -2.26. The Balaban J connectivity index is 1.77. The number of methoxy groups -OCH3 is 1. The van der Waals surface area contributed by atoms with Crippen LogP contribution in [0.3, 0.4) is 0 Å². The fourth-order valence-corrected chi connectivity index (χ4v) is 2.37. The number of fused-ring (bicyclic) bond motifs is 1. The topological polar surface area (TPSA) is 73.4 Å². The van der Waals surface area contributed by atoms with Gasteiger partial charge in [0.25, 0.3) is 0 Å². The summed E-state index contributed by atoms with van der Waals surface area (Å²) in [5.41, 5.74) is 1.86. The lowest BCUT2D eigenvalue weighted by Crippen LogP contribution is -2.38. The van der Waals surface area contributed by atoms with Crippen molar-refractivity contribution in [3.05, 3.63) is 35.7 Å². The Morgan fingerprint density at radius 1 is 1.55 bits per heavy atom. The van der Waals surface area contributed by atoms with E-state index in [1.165, 1.54) is 7.11 Å². The molecule has 1 aliphatic rings. The predicted octanol–water partition coefficient (Wildman–Crippen LogP) is 0.450. The van der Waals surface area contributed by atoms with Crippen LogP contribution in [0.25, 0.3) is 0 Å². The number of hydrogen-bond acceptors (Lipinski definition) is 5. The van der Waals surface area contributed by atoms with Crippen LogP contribution in [-0.4, -0.2) is 45.8 Å². The van der Waals surface area contributed by atoms with Crippen LogP contribution < -0.4 is 0 Å². The third-order valence-corrected chi connectivity index (χ3v) is 3.42. The Kier molecular flexibility index (Phi) is 3.51. The van der Waals surface area contributed by atoms with Gasteiger partial charge in [-0.25, -0.2) is 4.98 Å². The van der Waals surface area contributed by atoms with Gasteiger partial charge in [-0.15, -0.1) is 0 Å². The van der Waals surface area contributed by atoms with Crippen LogP contribution in [0.2, 0.25) is 0 Å². The molecule has 3 heterocycles. The summed E-state index contributed by atoms with van der Waals surface area (Å²) >= 11 is 0. The molecule has 7 heteroatoms. The molecule has 20 heavy (non-hydrogen) atoms. The Bertz CT molecular complexity index is 591. The number of ether oxygens (including phenoxy) is 1. The van der Waals surface area contributed by atoms with Crippen molar-refractivity contribution in [1.29, 1.82) is 0 Å². The van der Waals surface area contributed by atoms with Gasteiger partial charge in [-0.05, 0) is 0 Å². The van der Waals surface area contributed by atoms with Crippen LogP contribution in [0.5, 0.6) is 0 Å². The second kappa shape index (κ2) is 5.46. The van der Waals surface area contributed by atoms with E-state index in [2.05, 4.69) is 10.1 Å². The Morgan fingerprint density at radius 3 is 3.20 bits per heavy atom. The van der Waals surface area contributed by atoms with Crippen molar-refractivity contribution in [3.63, 3.8) is 0 Å². The highest BCUT2D eigenvalue weighted by atomic mass is 16.5. The van der Waals surface area contributed by atoms with Crippen LogP contribution in [-0.2, 0) is 29.0 Å². The van der Waals surface area contributed by atoms with E-state index in [4.69, 9.17) is 9.26 Å². The highest BCUT2D eigenvalue weighted by Crippen LogP contribution is 2.23. The lowest BCUT2D eigenvalue weighted by atomic mass is 10.1. The first kappa shape index (κ1) is 12.9. The minimum absolute atomic E-state index is 0.00655. The molecular formula is C13H16N4O3. The fraction of sp³-hybridized carbons (Fsp3) is 0.462. The molecule has 0 atom stereocenters. The van der Waals surface area contributed by atoms with E-state index in [9.17, 15) is 4.79 Å². The molecular weight excluding hydrogens is 260 g/mol. The van der Waals surface area contributed by atoms with Crippen molar-refractivity contribution < 1.29 is 14.1 Å². The Labute approximate surface area is 116 Å². The number of carbonyl (C=O) groups excluding carboxylic acids is 1. The van der Waals surface area contributed by atoms with Gasteiger partial charge in [-0.2, -0.15) is 0 Å². The molecule has 3 rings (SSSR count). The van der Waals surface area contributed by atoms with Gasteiger partial charge in [-0.1, -0.05) is 5.16 Å². The molecule has 0 radical (unpaired) electrons. The van der Waals surface area contributed by atoms with E-state index in [0.717, 1.165) is 17.0 Å². The number of hydrogen-bond donors (Lipinski definition) is 0. The van der Waals surface area contributed by atoms with Crippen LogP contribution in [0.1, 0.15) is 17.0 Å². The predicted molar refractivity (Wildman–Crippen MR) is 68.8 cm³/mol. The van der Waals surface area contributed by atoms with Crippen LogP contribution in [0.15, 0.2) is 23.2 Å². The highest BCUT2D eigenvalue weighted by molar-refractivity contribution is 5.77. The van der Waals surface area contributed by atoms with Crippen molar-refractivity contribution >= 4 is 5.91 Å². The molecule has 1 aliphatic heterocycles. The van der Waals surface area contributed by atoms with Crippen LogP contribution >= 0.6 is 0 Å². The Morgan fingerprint density at radius 2 is 2.45 bits per heavy atom. The molecule has 0 bridgehead atoms. The van der Waals surface area contributed by atoms with Crippen LogP contribution in [0.4, 0.5) is 0 Å². The molecule has 1 amide bonds. The largest absolute Gasteiger partial charge is 0.375 e. The normalized spacial score (nSPS) is 14.3. The number of aromatic nitrogens is 3. The van der Waals surface area contributed by atoms with Gasteiger partial charge in [-0.3, -0.25) is 4.79 Å². The van der Waals surface area contributed by atoms with Crippen molar-refractivity contribution in [3.8, 4) is 0 Å². The van der Waals surface area contributed by atoms with E-state index in [0.29, 0.717) is 26.1 Å². The summed E-state index contributed by atoms with van der Waals surface area (Å²) in [4.78, 5) is 17.7. The number of carbonyl (C=O) groups is 1. The molecule has 0 saturated heterocycles. The van der Waals surface area contributed by atoms with Gasteiger partial charge in [0.15, 0.2) is 0 Å². The fourth-order valence-electron chi connectivity index (χ4n) is 2.37. The first-order chi connectivity index (χ1) is 9.78. The molecule has 0 N–H and O–H groups in total. The molecule has 2 aromatic rings. The first-order valence-corrected chi connectivity index (χ1v) is 6.46. The van der Waals surface area contributed by atoms with Gasteiger partial charge >= 0.3 is 0 Å². The summed E-state index contributed by atoms with van der Waals surface area (Å²) in [6, 6.07) is 0. The quantitative estimate of drug-likeness (QED) is 0.810. The average molecular weight is 276 g/mol. The summed E-state index contributed by atoms with van der Waals surface area (Å²) in [6.45, 7) is 1.89. The molecule has 106 valence electrons. The molecule has 0 fully saturated rings. The maximum atomic E-state index is 11.9. The van der Waals surface area contributed by atoms with Gasteiger partial charge < -0.3 is 18.7 Å². The molecule has 7 nitrogen and oxygen atoms in total. The summed E-state index contributed by atoms with van der Waals surface area (Å²) in [7, 11) is 1.52. The summed E-state index contributed by atoms with van der Waals surface area (Å²) < 4.78 is 12.2. The van der Waals surface area contributed by atoms with Crippen LogP contribution in [0, 0.1) is 0 Å². The van der Waals surface area contributed by atoms with Crippen molar-refractivity contribution in [2.24, 2.45) is 0 Å². The number of imidazole rings is 1. The SMILES string of the molecule is COCC(=O)N1CCc2onc(Cn3ccnc3)c2C1. The number of rotatable bonds is 4. The Hall–Kier alpha value is -2.15. The molecule has 0 saturated carbocycles. The van der Waals surface area contributed by atoms with E-state index in [1.54, 1.807) is 17.4 Å². The molecule has 0 spiro atoms. The van der Waals surface area contributed by atoms with Gasteiger partial charge in [0.2, 0.25) is 5.91 Å². The smallest absolute Gasteiger partial charge is 0.248 e. The first-order valence-electron chi connectivity index (χ1n) is 6.46. The maximum absolute atomic E-state index is 11.9. The van der Waals surface area contributed by atoms with Crippen molar-refractivity contribution in [2.45, 2.75) is 19.5 Å². The molecule has 0 unspecified atom stereocenters. The second-order valence-corrected chi connectivity index (χ2v) is 4.76. The summed E-state index contributed by atoms with van der Waals surface area (Å²) in [6.07, 6.45) is 6.03. The lowest BCUT2D eigenvalue weighted by molar-refractivity contribution is -0.136. The third kappa shape index (κ3) is 2.44. The van der Waals surface area contributed by atoms with E-state index >= 15 is 0 Å². The zero-order chi connectivity index (χ0) is 13.9. The van der Waals surface area contributed by atoms with Gasteiger partial charge in [0.05, 0.1) is 19.4 Å². The monoisotopic (exact) mass is 276 g/mol. The van der Waals surface area contributed by atoms with Gasteiger partial charge in [0, 0.05) is 38.0 Å². The zero-order valence-corrected chi connectivity index (χ0v) is 11.3. The minimum Gasteiger partial charge on any atom is -0.375 e. The summed E-state index contributed by atoms with van der Waals surface area (Å²) in [5, 5.41) is 4.12. The number of amides is 1. The van der Waals surface area contributed by atoms with E-state index in [1.807, 2.05) is 10.8 Å². The molecule has 0 aromatic carbocycles. The minimum atomic E-state index is -0.00655. The van der Waals surface area contributed by atoms with Crippen molar-refractivity contribution in [1.82, 2.24) is 19.6 Å². The standard InChI is InChI=1S/C13H16N4O3/c1-19-8-13(18)17-4-2-12-10(6-17)11(15-20-12)7-16-5-3-14-9-16/h3,5,9H,2,4,6-8H2,1H3. The van der Waals surface area contributed by atoms with Crippen molar-refractivity contribution in [2.75, 3.05) is 20.3 Å². The highest BCUT2D eigenvalue weighted by Gasteiger charge is 2.26. The van der Waals surface area contributed by atoms with E-state index in [-0.39, 0.29) is 12.5 Å². The maximum Gasteiger partial charge on any atom is 0.248 e.